The Hall–Kier alpha value is -1.39. The van der Waals surface area contributed by atoms with Crippen molar-refractivity contribution >= 4 is 5.78 Å². The predicted molar refractivity (Wildman–Crippen MR) is 82.8 cm³/mol. The average molecular weight is 288 g/mol. The maximum atomic E-state index is 12.7. The van der Waals surface area contributed by atoms with Crippen LogP contribution < -0.4 is 10.5 Å². The summed E-state index contributed by atoms with van der Waals surface area (Å²) in [5.41, 5.74) is 8.05. The summed E-state index contributed by atoms with van der Waals surface area (Å²) in [5.74, 6) is 1.25. The summed E-state index contributed by atoms with van der Waals surface area (Å²) in [6.07, 6.45) is 4.15. The number of nitrogens with two attached hydrogens (primary N) is 1. The van der Waals surface area contributed by atoms with Gasteiger partial charge in [0.1, 0.15) is 5.75 Å². The van der Waals surface area contributed by atoms with Crippen molar-refractivity contribution < 1.29 is 9.53 Å². The Labute approximate surface area is 126 Å². The summed E-state index contributed by atoms with van der Waals surface area (Å²) in [6.45, 7) is 2.87. The number of nitrogens with zero attached hydrogens (tertiary/aromatic N) is 1. The van der Waals surface area contributed by atoms with Crippen LogP contribution >= 0.6 is 0 Å². The van der Waals surface area contributed by atoms with Crippen LogP contribution in [0.4, 0.5) is 0 Å². The van der Waals surface area contributed by atoms with Gasteiger partial charge in [0.25, 0.3) is 0 Å². The number of fused-ring (bicyclic) bond motifs is 1. The molecule has 1 heterocycles. The van der Waals surface area contributed by atoms with Gasteiger partial charge in [0.05, 0.1) is 7.11 Å². The molecule has 1 aromatic rings. The molecule has 2 unspecified atom stereocenters. The first kappa shape index (κ1) is 14.5. The number of methoxy groups -OCH3 is 1. The number of rotatable bonds is 3. The lowest BCUT2D eigenvalue weighted by Gasteiger charge is -2.34. The summed E-state index contributed by atoms with van der Waals surface area (Å²) in [6, 6.07) is 6.08. The molecule has 2 atom stereocenters. The van der Waals surface area contributed by atoms with Gasteiger partial charge in [-0.05, 0) is 56.0 Å². The van der Waals surface area contributed by atoms with Crippen LogP contribution in [0.25, 0.3) is 0 Å². The van der Waals surface area contributed by atoms with E-state index in [2.05, 4.69) is 4.90 Å². The van der Waals surface area contributed by atoms with Crippen molar-refractivity contribution in [1.29, 1.82) is 0 Å². The van der Waals surface area contributed by atoms with Crippen LogP contribution in [0.2, 0.25) is 0 Å². The van der Waals surface area contributed by atoms with Crippen LogP contribution in [0.1, 0.15) is 35.2 Å². The van der Waals surface area contributed by atoms with Crippen molar-refractivity contribution in [3.05, 3.63) is 29.3 Å². The number of carbonyl (C=O) groups excluding carboxylic acids is 1. The molecule has 0 bridgehead atoms. The van der Waals surface area contributed by atoms with Gasteiger partial charge in [-0.2, -0.15) is 0 Å². The van der Waals surface area contributed by atoms with E-state index in [1.165, 1.54) is 0 Å². The van der Waals surface area contributed by atoms with Gasteiger partial charge in [0.2, 0.25) is 0 Å². The smallest absolute Gasteiger partial charge is 0.167 e. The highest BCUT2D eigenvalue weighted by Crippen LogP contribution is 2.29. The number of benzene rings is 1. The number of likely N-dealkylation sites (tertiary alicyclic amines) is 1. The minimum atomic E-state index is 0.121. The molecule has 1 aliphatic carbocycles. The zero-order chi connectivity index (χ0) is 14.8. The Morgan fingerprint density at radius 1 is 1.38 bits per heavy atom. The molecule has 1 saturated heterocycles. The van der Waals surface area contributed by atoms with E-state index in [1.54, 1.807) is 7.11 Å². The number of piperidine rings is 1. The summed E-state index contributed by atoms with van der Waals surface area (Å²) < 4.78 is 5.24. The summed E-state index contributed by atoms with van der Waals surface area (Å²) in [5, 5.41) is 0. The molecule has 1 aromatic carbocycles. The largest absolute Gasteiger partial charge is 0.497 e. The third-order valence-corrected chi connectivity index (χ3v) is 4.73. The molecular weight excluding hydrogens is 264 g/mol. The first-order chi connectivity index (χ1) is 10.2. The van der Waals surface area contributed by atoms with E-state index in [-0.39, 0.29) is 17.7 Å². The van der Waals surface area contributed by atoms with Crippen molar-refractivity contribution in [3.8, 4) is 5.75 Å². The predicted octanol–water partition coefficient (Wildman–Crippen LogP) is 1.86. The lowest BCUT2D eigenvalue weighted by Crippen LogP contribution is -2.46. The van der Waals surface area contributed by atoms with E-state index in [1.807, 2.05) is 18.2 Å². The molecule has 0 radical (unpaired) electrons. The highest BCUT2D eigenvalue weighted by Gasteiger charge is 2.30. The summed E-state index contributed by atoms with van der Waals surface area (Å²) in [4.78, 5) is 15.0. The lowest BCUT2D eigenvalue weighted by molar-refractivity contribution is 0.0838. The summed E-state index contributed by atoms with van der Waals surface area (Å²) in [7, 11) is 1.66. The topological polar surface area (TPSA) is 55.6 Å². The van der Waals surface area contributed by atoms with Gasteiger partial charge in [0.15, 0.2) is 5.78 Å². The molecule has 2 N–H and O–H groups in total. The van der Waals surface area contributed by atoms with Crippen LogP contribution in [-0.4, -0.2) is 43.5 Å². The van der Waals surface area contributed by atoms with E-state index in [0.29, 0.717) is 0 Å². The molecular formula is C17H24N2O2. The molecule has 4 heteroatoms. The number of aryl methyl sites for hydroxylation is 1. The molecule has 0 aromatic heterocycles. The van der Waals surface area contributed by atoms with E-state index < -0.39 is 0 Å². The van der Waals surface area contributed by atoms with Crippen molar-refractivity contribution in [2.24, 2.45) is 11.7 Å². The maximum absolute atomic E-state index is 12.7. The maximum Gasteiger partial charge on any atom is 0.167 e. The second kappa shape index (κ2) is 6.16. The quantitative estimate of drug-likeness (QED) is 0.922. The SMILES string of the molecule is COc1ccc2c(c1)CCC(CN1CCCC(N)C1)C2=O. The van der Waals surface area contributed by atoms with Crippen LogP contribution in [0, 0.1) is 5.92 Å². The molecule has 1 fully saturated rings. The number of hydrogen-bond acceptors (Lipinski definition) is 4. The normalized spacial score (nSPS) is 26.5. The van der Waals surface area contributed by atoms with E-state index in [9.17, 15) is 4.79 Å². The Morgan fingerprint density at radius 3 is 3.00 bits per heavy atom. The molecule has 2 aliphatic rings. The van der Waals surface area contributed by atoms with Crippen LogP contribution in [-0.2, 0) is 6.42 Å². The van der Waals surface area contributed by atoms with Crippen LogP contribution in [0.15, 0.2) is 18.2 Å². The molecule has 21 heavy (non-hydrogen) atoms. The molecule has 0 saturated carbocycles. The van der Waals surface area contributed by atoms with Gasteiger partial charge < -0.3 is 15.4 Å². The number of carbonyl (C=O) groups is 1. The number of hydrogen-bond donors (Lipinski definition) is 1. The fourth-order valence-corrected chi connectivity index (χ4v) is 3.57. The molecule has 4 nitrogen and oxygen atoms in total. The lowest BCUT2D eigenvalue weighted by atomic mass is 9.82. The first-order valence-corrected chi connectivity index (χ1v) is 7.86. The van der Waals surface area contributed by atoms with Gasteiger partial charge in [0, 0.05) is 30.6 Å². The zero-order valence-corrected chi connectivity index (χ0v) is 12.7. The monoisotopic (exact) mass is 288 g/mol. The number of ether oxygens (including phenoxy) is 1. The second-order valence-corrected chi connectivity index (χ2v) is 6.28. The Morgan fingerprint density at radius 2 is 2.24 bits per heavy atom. The highest BCUT2D eigenvalue weighted by molar-refractivity contribution is 6.00. The molecule has 0 spiro atoms. The minimum absolute atomic E-state index is 0.121. The fourth-order valence-electron chi connectivity index (χ4n) is 3.57. The molecule has 1 aliphatic heterocycles. The highest BCUT2D eigenvalue weighted by atomic mass is 16.5. The van der Waals surface area contributed by atoms with Gasteiger partial charge in [-0.25, -0.2) is 0 Å². The minimum Gasteiger partial charge on any atom is -0.497 e. The van der Waals surface area contributed by atoms with E-state index in [0.717, 1.165) is 62.2 Å². The van der Waals surface area contributed by atoms with E-state index in [4.69, 9.17) is 10.5 Å². The van der Waals surface area contributed by atoms with Crippen LogP contribution in [0.5, 0.6) is 5.75 Å². The summed E-state index contributed by atoms with van der Waals surface area (Å²) >= 11 is 0. The van der Waals surface area contributed by atoms with Crippen molar-refractivity contribution in [2.45, 2.75) is 31.7 Å². The van der Waals surface area contributed by atoms with Gasteiger partial charge in [-0.15, -0.1) is 0 Å². The Balaban J connectivity index is 1.70. The number of ketones is 1. The zero-order valence-electron chi connectivity index (χ0n) is 12.7. The van der Waals surface area contributed by atoms with E-state index >= 15 is 0 Å². The van der Waals surface area contributed by atoms with Gasteiger partial charge >= 0.3 is 0 Å². The standard InChI is InChI=1S/C17H24N2O2/c1-21-15-6-7-16-12(9-15)4-5-13(17(16)20)10-19-8-2-3-14(18)11-19/h6-7,9,13-14H,2-5,8,10-11,18H2,1H3. The van der Waals surface area contributed by atoms with Gasteiger partial charge in [-0.1, -0.05) is 0 Å². The third kappa shape index (κ3) is 3.11. The molecule has 3 rings (SSSR count). The fraction of sp³-hybridized carbons (Fsp3) is 0.588. The van der Waals surface area contributed by atoms with Crippen molar-refractivity contribution in [3.63, 3.8) is 0 Å². The van der Waals surface area contributed by atoms with Crippen LogP contribution in [0.3, 0.4) is 0 Å². The molecule has 0 amide bonds. The van der Waals surface area contributed by atoms with Crippen molar-refractivity contribution in [1.82, 2.24) is 4.90 Å². The van der Waals surface area contributed by atoms with Gasteiger partial charge in [-0.3, -0.25) is 4.79 Å². The third-order valence-electron chi connectivity index (χ3n) is 4.73. The second-order valence-electron chi connectivity index (χ2n) is 6.28. The number of Topliss-reactive ketones (excluding diaryl/α,β-unsaturated/α-hetero) is 1. The molecule has 114 valence electrons. The first-order valence-electron chi connectivity index (χ1n) is 7.86. The average Bonchev–Trinajstić information content (AvgIpc) is 2.50. The Kier molecular flexibility index (Phi) is 4.27. The van der Waals surface area contributed by atoms with Crippen molar-refractivity contribution in [2.75, 3.05) is 26.7 Å². The Bertz CT molecular complexity index is 530.